The average molecular weight is 395 g/mol. The number of hydrogen-bond donors (Lipinski definition) is 1. The summed E-state index contributed by atoms with van der Waals surface area (Å²) in [4.78, 5) is 19.4. The SMILES string of the molecule is Cc1ccc(O[C@@H]2C[C@@H]3CN(C(=O)c4ccc(C)c(C)c4)C[C@@H]3C[C@H]2O)c(C)n1. The van der Waals surface area contributed by atoms with Crippen molar-refractivity contribution < 1.29 is 14.6 Å². The van der Waals surface area contributed by atoms with Gasteiger partial charge < -0.3 is 14.7 Å². The molecule has 0 radical (unpaired) electrons. The van der Waals surface area contributed by atoms with Crippen LogP contribution in [0.15, 0.2) is 30.3 Å². The Morgan fingerprint density at radius 3 is 2.45 bits per heavy atom. The zero-order chi connectivity index (χ0) is 20.7. The van der Waals surface area contributed by atoms with Crippen molar-refractivity contribution in [3.05, 3.63) is 58.4 Å². The van der Waals surface area contributed by atoms with Gasteiger partial charge in [-0.2, -0.15) is 0 Å². The first kappa shape index (κ1) is 19.9. The van der Waals surface area contributed by atoms with E-state index >= 15 is 0 Å². The number of aliphatic hydroxyl groups excluding tert-OH is 1. The smallest absolute Gasteiger partial charge is 0.253 e. The number of amides is 1. The van der Waals surface area contributed by atoms with Gasteiger partial charge in [-0.1, -0.05) is 6.07 Å². The Kier molecular flexibility index (Phi) is 5.34. The Morgan fingerprint density at radius 2 is 1.76 bits per heavy atom. The zero-order valence-electron chi connectivity index (χ0n) is 17.7. The van der Waals surface area contributed by atoms with Crippen LogP contribution in [-0.2, 0) is 0 Å². The second kappa shape index (κ2) is 7.79. The second-order valence-corrected chi connectivity index (χ2v) is 8.76. The number of aliphatic hydroxyl groups is 1. The topological polar surface area (TPSA) is 62.7 Å². The molecule has 1 aromatic heterocycles. The number of carbonyl (C=O) groups excluding carboxylic acids is 1. The van der Waals surface area contributed by atoms with E-state index in [-0.39, 0.29) is 12.0 Å². The van der Waals surface area contributed by atoms with Gasteiger partial charge in [0.2, 0.25) is 0 Å². The lowest BCUT2D eigenvalue weighted by atomic mass is 9.78. The van der Waals surface area contributed by atoms with Crippen LogP contribution < -0.4 is 4.74 Å². The molecule has 0 unspecified atom stereocenters. The number of aryl methyl sites for hydroxylation is 4. The maximum Gasteiger partial charge on any atom is 0.253 e. The molecule has 1 aliphatic heterocycles. The van der Waals surface area contributed by atoms with Crippen molar-refractivity contribution >= 4 is 5.91 Å². The molecule has 1 amide bonds. The summed E-state index contributed by atoms with van der Waals surface area (Å²) in [6.45, 7) is 9.42. The van der Waals surface area contributed by atoms with Crippen molar-refractivity contribution in [2.24, 2.45) is 11.8 Å². The van der Waals surface area contributed by atoms with Crippen molar-refractivity contribution in [2.45, 2.75) is 52.7 Å². The monoisotopic (exact) mass is 394 g/mol. The number of pyridine rings is 1. The van der Waals surface area contributed by atoms with Gasteiger partial charge in [-0.25, -0.2) is 0 Å². The quantitative estimate of drug-likeness (QED) is 0.864. The first-order valence-corrected chi connectivity index (χ1v) is 10.5. The van der Waals surface area contributed by atoms with Crippen molar-refractivity contribution in [1.29, 1.82) is 0 Å². The van der Waals surface area contributed by atoms with Gasteiger partial charge in [0.15, 0.2) is 0 Å². The number of nitrogens with zero attached hydrogens (tertiary/aromatic N) is 2. The molecule has 2 heterocycles. The van der Waals surface area contributed by atoms with Crippen LogP contribution in [0.2, 0.25) is 0 Å². The maximum absolute atomic E-state index is 13.0. The van der Waals surface area contributed by atoms with E-state index in [0.29, 0.717) is 24.8 Å². The van der Waals surface area contributed by atoms with Gasteiger partial charge in [-0.15, -0.1) is 0 Å². The molecule has 1 saturated carbocycles. The molecule has 1 N–H and O–H groups in total. The molecular formula is C24H30N2O3. The third kappa shape index (κ3) is 4.01. The van der Waals surface area contributed by atoms with Crippen LogP contribution in [0.3, 0.4) is 0 Å². The molecular weight excluding hydrogens is 364 g/mol. The molecule has 1 aromatic carbocycles. The maximum atomic E-state index is 13.0. The van der Waals surface area contributed by atoms with Gasteiger partial charge in [-0.05, 0) is 87.8 Å². The van der Waals surface area contributed by atoms with E-state index in [1.54, 1.807) is 0 Å². The van der Waals surface area contributed by atoms with Crippen LogP contribution >= 0.6 is 0 Å². The van der Waals surface area contributed by atoms with Crippen LogP contribution in [0.25, 0.3) is 0 Å². The molecule has 4 atom stereocenters. The van der Waals surface area contributed by atoms with E-state index in [1.807, 2.05) is 56.0 Å². The van der Waals surface area contributed by atoms with Crippen molar-refractivity contribution in [3.63, 3.8) is 0 Å². The predicted molar refractivity (Wildman–Crippen MR) is 112 cm³/mol. The Morgan fingerprint density at radius 1 is 1.03 bits per heavy atom. The van der Waals surface area contributed by atoms with E-state index in [2.05, 4.69) is 11.9 Å². The van der Waals surface area contributed by atoms with Gasteiger partial charge in [-0.3, -0.25) is 9.78 Å². The van der Waals surface area contributed by atoms with Crippen LogP contribution in [-0.4, -0.2) is 46.2 Å². The molecule has 0 spiro atoms. The van der Waals surface area contributed by atoms with E-state index in [4.69, 9.17) is 4.74 Å². The molecule has 1 aliphatic carbocycles. The zero-order valence-corrected chi connectivity index (χ0v) is 17.7. The number of likely N-dealkylation sites (tertiary alicyclic amines) is 1. The number of hydrogen-bond acceptors (Lipinski definition) is 4. The largest absolute Gasteiger partial charge is 0.486 e. The third-order valence-electron chi connectivity index (χ3n) is 6.58. The minimum Gasteiger partial charge on any atom is -0.486 e. The highest BCUT2D eigenvalue weighted by molar-refractivity contribution is 5.94. The molecule has 5 heteroatoms. The Balaban J connectivity index is 1.44. The number of ether oxygens (including phenoxy) is 1. The molecule has 154 valence electrons. The van der Waals surface area contributed by atoms with Gasteiger partial charge in [0.25, 0.3) is 5.91 Å². The van der Waals surface area contributed by atoms with Crippen LogP contribution in [0, 0.1) is 39.5 Å². The minimum absolute atomic E-state index is 0.0908. The van der Waals surface area contributed by atoms with Gasteiger partial charge in [0.1, 0.15) is 11.9 Å². The molecule has 0 bridgehead atoms. The van der Waals surface area contributed by atoms with E-state index in [1.165, 1.54) is 5.56 Å². The summed E-state index contributed by atoms with van der Waals surface area (Å²) in [6.07, 6.45) is 0.657. The van der Waals surface area contributed by atoms with Crippen LogP contribution in [0.5, 0.6) is 5.75 Å². The fourth-order valence-corrected chi connectivity index (χ4v) is 4.70. The summed E-state index contributed by atoms with van der Waals surface area (Å²) in [5.74, 6) is 1.52. The normalized spacial score (nSPS) is 26.3. The Labute approximate surface area is 172 Å². The number of rotatable bonds is 3. The van der Waals surface area contributed by atoms with Crippen LogP contribution in [0.4, 0.5) is 0 Å². The fourth-order valence-electron chi connectivity index (χ4n) is 4.70. The number of benzene rings is 1. The highest BCUT2D eigenvalue weighted by Crippen LogP contribution is 2.38. The van der Waals surface area contributed by atoms with E-state index in [9.17, 15) is 9.90 Å². The predicted octanol–water partition coefficient (Wildman–Crippen LogP) is 3.61. The summed E-state index contributed by atoms with van der Waals surface area (Å²) >= 11 is 0. The highest BCUT2D eigenvalue weighted by atomic mass is 16.5. The first-order valence-electron chi connectivity index (χ1n) is 10.5. The summed E-state index contributed by atoms with van der Waals surface area (Å²) in [6, 6.07) is 9.77. The molecule has 4 rings (SSSR count). The molecule has 1 saturated heterocycles. The summed E-state index contributed by atoms with van der Waals surface area (Å²) in [5.41, 5.74) is 4.88. The molecule has 29 heavy (non-hydrogen) atoms. The third-order valence-corrected chi connectivity index (χ3v) is 6.58. The van der Waals surface area contributed by atoms with Crippen molar-refractivity contribution in [3.8, 4) is 5.75 Å². The lowest BCUT2D eigenvalue weighted by Crippen LogP contribution is -2.42. The lowest BCUT2D eigenvalue weighted by Gasteiger charge is -2.35. The average Bonchev–Trinajstić information content (AvgIpc) is 3.08. The van der Waals surface area contributed by atoms with Crippen molar-refractivity contribution in [1.82, 2.24) is 9.88 Å². The minimum atomic E-state index is -0.520. The number of aromatic nitrogens is 1. The summed E-state index contributed by atoms with van der Waals surface area (Å²) in [7, 11) is 0. The summed E-state index contributed by atoms with van der Waals surface area (Å²) in [5, 5.41) is 10.7. The Hall–Kier alpha value is -2.40. The van der Waals surface area contributed by atoms with Gasteiger partial charge in [0.05, 0.1) is 11.8 Å². The molecule has 5 nitrogen and oxygen atoms in total. The fraction of sp³-hybridized carbons (Fsp3) is 0.500. The van der Waals surface area contributed by atoms with Crippen LogP contribution in [0.1, 0.15) is 45.7 Å². The molecule has 2 aliphatic rings. The van der Waals surface area contributed by atoms with E-state index in [0.717, 1.165) is 41.2 Å². The highest BCUT2D eigenvalue weighted by Gasteiger charge is 2.44. The lowest BCUT2D eigenvalue weighted by molar-refractivity contribution is -0.0236. The Bertz CT molecular complexity index is 926. The van der Waals surface area contributed by atoms with Gasteiger partial charge >= 0.3 is 0 Å². The van der Waals surface area contributed by atoms with E-state index < -0.39 is 6.10 Å². The second-order valence-electron chi connectivity index (χ2n) is 8.76. The number of fused-ring (bicyclic) bond motifs is 1. The first-order chi connectivity index (χ1) is 13.8. The molecule has 2 fully saturated rings. The molecule has 2 aromatic rings. The number of carbonyl (C=O) groups is 1. The summed E-state index contributed by atoms with van der Waals surface area (Å²) < 4.78 is 6.15. The standard InChI is InChI=1S/C24H30N2O3/c1-14-5-7-18(9-15(14)2)24(28)26-12-19-10-21(27)23(11-20(19)13-26)29-22-8-6-16(3)25-17(22)4/h5-9,19-21,23,27H,10-13H2,1-4H3/t19-,20+,21+,23+/m0/s1. The van der Waals surface area contributed by atoms with Gasteiger partial charge in [0, 0.05) is 24.3 Å². The van der Waals surface area contributed by atoms with Crippen molar-refractivity contribution in [2.75, 3.05) is 13.1 Å².